The Morgan fingerprint density at radius 2 is 2.28 bits per heavy atom. The molecule has 9 heteroatoms. The van der Waals surface area contributed by atoms with Gasteiger partial charge in [0.2, 0.25) is 11.8 Å². The van der Waals surface area contributed by atoms with E-state index in [1.54, 1.807) is 30.5 Å². The first-order chi connectivity index (χ1) is 12.1. The second-order valence-electron chi connectivity index (χ2n) is 5.72. The number of anilines is 2. The molecule has 0 saturated carbocycles. The molecule has 132 valence electrons. The Balaban J connectivity index is 1.65. The largest absolute Gasteiger partial charge is 0.481 e. The predicted molar refractivity (Wildman–Crippen MR) is 91.3 cm³/mol. The summed E-state index contributed by atoms with van der Waals surface area (Å²) in [6.07, 6.45) is 1.37. The van der Waals surface area contributed by atoms with Crippen LogP contribution in [-0.2, 0) is 0 Å². The fourth-order valence-electron chi connectivity index (χ4n) is 2.74. The fraction of sp³-hybridized carbons (Fsp3) is 0.375. The zero-order valence-corrected chi connectivity index (χ0v) is 13.8. The number of amides is 1. The number of carbonyl (C=O) groups is 1. The number of aliphatic hydroxyl groups excluding tert-OH is 1. The van der Waals surface area contributed by atoms with E-state index in [9.17, 15) is 9.90 Å². The van der Waals surface area contributed by atoms with Crippen LogP contribution in [0.3, 0.4) is 0 Å². The van der Waals surface area contributed by atoms with Gasteiger partial charge in [-0.05, 0) is 18.6 Å². The summed E-state index contributed by atoms with van der Waals surface area (Å²) in [5.41, 5.74) is 6.00. The number of aromatic nitrogens is 3. The fourth-order valence-corrected chi connectivity index (χ4v) is 2.74. The summed E-state index contributed by atoms with van der Waals surface area (Å²) in [6.45, 7) is 0.913. The molecule has 0 aromatic carbocycles. The molecule has 0 radical (unpaired) electrons. The molecule has 0 unspecified atom stereocenters. The molecule has 3 heterocycles. The third-order valence-corrected chi connectivity index (χ3v) is 4.04. The van der Waals surface area contributed by atoms with Gasteiger partial charge in [-0.2, -0.15) is 9.97 Å². The summed E-state index contributed by atoms with van der Waals surface area (Å²) in [4.78, 5) is 26.2. The zero-order chi connectivity index (χ0) is 17.8. The highest BCUT2D eigenvalue weighted by molar-refractivity contribution is 5.92. The maximum Gasteiger partial charge on any atom is 0.270 e. The van der Waals surface area contributed by atoms with Crippen LogP contribution in [0.15, 0.2) is 30.5 Å². The molecular formula is C16H20N6O3. The Labute approximate surface area is 144 Å². The monoisotopic (exact) mass is 344 g/mol. The van der Waals surface area contributed by atoms with Crippen molar-refractivity contribution < 1.29 is 14.6 Å². The first-order valence-corrected chi connectivity index (χ1v) is 7.90. The number of hydrogen-bond acceptors (Lipinski definition) is 8. The maximum atomic E-state index is 12.2. The average Bonchev–Trinajstić information content (AvgIpc) is 2.63. The van der Waals surface area contributed by atoms with Crippen LogP contribution in [0.25, 0.3) is 0 Å². The summed E-state index contributed by atoms with van der Waals surface area (Å²) >= 11 is 0. The number of ether oxygens (including phenoxy) is 1. The van der Waals surface area contributed by atoms with Crippen molar-refractivity contribution in [3.63, 3.8) is 0 Å². The number of nitrogens with two attached hydrogens (primary N) is 1. The van der Waals surface area contributed by atoms with E-state index >= 15 is 0 Å². The number of β-amino-alcohol motifs (C(OH)–C–C–N with tert-alkyl or cyclic N) is 1. The first kappa shape index (κ1) is 16.9. The molecule has 1 amide bonds. The topological polar surface area (TPSA) is 126 Å². The molecule has 1 aliphatic rings. The minimum atomic E-state index is -0.747. The lowest BCUT2D eigenvalue weighted by molar-refractivity contribution is 0.0793. The second-order valence-corrected chi connectivity index (χ2v) is 5.72. The summed E-state index contributed by atoms with van der Waals surface area (Å²) in [5.74, 6) is 0.751. The van der Waals surface area contributed by atoms with E-state index in [2.05, 4.69) is 20.3 Å². The molecule has 1 fully saturated rings. The quantitative estimate of drug-likeness (QED) is 0.698. The standard InChI is InChI=1S/C16H20N6O3/c1-25-14-8-13(20-16(17)21-14)22-7-5-10(12(23)9-22)19-15(24)11-4-2-3-6-18-11/h2-4,6,8,10,12,23H,5,7,9H2,1H3,(H,19,24)(H2,17,20,21)/t10-,12-/m1/s1. The molecule has 2 aromatic rings. The van der Waals surface area contributed by atoms with Gasteiger partial charge in [-0.25, -0.2) is 0 Å². The van der Waals surface area contributed by atoms with Crippen molar-refractivity contribution in [1.29, 1.82) is 0 Å². The number of nitrogens with zero attached hydrogens (tertiary/aromatic N) is 4. The summed E-state index contributed by atoms with van der Waals surface area (Å²) in [5, 5.41) is 13.2. The van der Waals surface area contributed by atoms with Gasteiger partial charge in [0.05, 0.1) is 19.3 Å². The molecule has 2 atom stereocenters. The number of methoxy groups -OCH3 is 1. The van der Waals surface area contributed by atoms with Gasteiger partial charge >= 0.3 is 0 Å². The highest BCUT2D eigenvalue weighted by Gasteiger charge is 2.30. The lowest BCUT2D eigenvalue weighted by Gasteiger charge is -2.36. The molecule has 3 rings (SSSR count). The smallest absolute Gasteiger partial charge is 0.270 e. The second kappa shape index (κ2) is 7.31. The molecule has 25 heavy (non-hydrogen) atoms. The van der Waals surface area contributed by atoms with Crippen molar-refractivity contribution in [2.45, 2.75) is 18.6 Å². The number of piperidine rings is 1. The average molecular weight is 344 g/mol. The van der Waals surface area contributed by atoms with Crippen LogP contribution in [0, 0.1) is 0 Å². The van der Waals surface area contributed by atoms with Gasteiger partial charge in [-0.1, -0.05) is 6.07 Å². The molecule has 0 bridgehead atoms. The third-order valence-electron chi connectivity index (χ3n) is 4.04. The lowest BCUT2D eigenvalue weighted by Crippen LogP contribution is -2.54. The minimum absolute atomic E-state index is 0.106. The van der Waals surface area contributed by atoms with Crippen molar-refractivity contribution >= 4 is 17.7 Å². The number of rotatable bonds is 4. The number of pyridine rings is 1. The number of hydrogen-bond donors (Lipinski definition) is 3. The van der Waals surface area contributed by atoms with E-state index in [-0.39, 0.29) is 17.9 Å². The van der Waals surface area contributed by atoms with Gasteiger partial charge in [0.15, 0.2) is 0 Å². The normalized spacial score (nSPS) is 20.2. The van der Waals surface area contributed by atoms with Gasteiger partial charge in [0, 0.05) is 25.4 Å². The maximum absolute atomic E-state index is 12.2. The van der Waals surface area contributed by atoms with E-state index < -0.39 is 6.10 Å². The molecular weight excluding hydrogens is 324 g/mol. The lowest BCUT2D eigenvalue weighted by atomic mass is 10.0. The van der Waals surface area contributed by atoms with Crippen molar-refractivity contribution in [1.82, 2.24) is 20.3 Å². The molecule has 0 spiro atoms. The van der Waals surface area contributed by atoms with Gasteiger partial charge in [0.1, 0.15) is 11.5 Å². The van der Waals surface area contributed by atoms with Crippen LogP contribution in [0.5, 0.6) is 5.88 Å². The van der Waals surface area contributed by atoms with Crippen LogP contribution in [-0.4, -0.2) is 58.3 Å². The first-order valence-electron chi connectivity index (χ1n) is 7.90. The number of nitrogens with one attached hydrogen (secondary N) is 1. The Kier molecular flexibility index (Phi) is 4.94. The summed E-state index contributed by atoms with van der Waals surface area (Å²) in [7, 11) is 1.50. The molecule has 4 N–H and O–H groups in total. The SMILES string of the molecule is COc1cc(N2CC[C@@H](NC(=O)c3ccccn3)[C@H](O)C2)nc(N)n1. The van der Waals surface area contributed by atoms with Crippen molar-refractivity contribution in [3.8, 4) is 5.88 Å². The summed E-state index contributed by atoms with van der Waals surface area (Å²) < 4.78 is 5.09. The van der Waals surface area contributed by atoms with Crippen LogP contribution < -0.4 is 20.7 Å². The molecule has 1 aliphatic heterocycles. The Hall–Kier alpha value is -2.94. The number of nitrogen functional groups attached to an aromatic ring is 1. The molecule has 2 aromatic heterocycles. The van der Waals surface area contributed by atoms with Gasteiger partial charge < -0.3 is 25.8 Å². The Bertz CT molecular complexity index is 742. The summed E-state index contributed by atoms with van der Waals surface area (Å²) in [6, 6.07) is 6.43. The highest BCUT2D eigenvalue weighted by Crippen LogP contribution is 2.22. The number of carbonyl (C=O) groups excluding carboxylic acids is 1. The van der Waals surface area contributed by atoms with Crippen LogP contribution in [0.4, 0.5) is 11.8 Å². The van der Waals surface area contributed by atoms with Crippen molar-refractivity contribution in [2.75, 3.05) is 30.8 Å². The van der Waals surface area contributed by atoms with E-state index in [1.165, 1.54) is 7.11 Å². The van der Waals surface area contributed by atoms with Gasteiger partial charge in [-0.3, -0.25) is 9.78 Å². The van der Waals surface area contributed by atoms with E-state index in [4.69, 9.17) is 10.5 Å². The predicted octanol–water partition coefficient (Wildman–Crippen LogP) is -0.168. The van der Waals surface area contributed by atoms with E-state index in [0.717, 1.165) is 0 Å². The van der Waals surface area contributed by atoms with Crippen LogP contribution in [0.1, 0.15) is 16.9 Å². The van der Waals surface area contributed by atoms with Crippen molar-refractivity contribution in [3.05, 3.63) is 36.2 Å². The zero-order valence-electron chi connectivity index (χ0n) is 13.8. The Morgan fingerprint density at radius 1 is 1.44 bits per heavy atom. The highest BCUT2D eigenvalue weighted by atomic mass is 16.5. The van der Waals surface area contributed by atoms with E-state index in [0.29, 0.717) is 36.9 Å². The molecule has 9 nitrogen and oxygen atoms in total. The third kappa shape index (κ3) is 3.94. The van der Waals surface area contributed by atoms with E-state index in [1.807, 2.05) is 4.90 Å². The van der Waals surface area contributed by atoms with Crippen molar-refractivity contribution in [2.24, 2.45) is 0 Å². The molecule has 1 saturated heterocycles. The molecule has 0 aliphatic carbocycles. The number of aliphatic hydroxyl groups is 1. The van der Waals surface area contributed by atoms with Gasteiger partial charge in [0.25, 0.3) is 5.91 Å². The van der Waals surface area contributed by atoms with Crippen LogP contribution >= 0.6 is 0 Å². The Morgan fingerprint density at radius 3 is 2.96 bits per heavy atom. The minimum Gasteiger partial charge on any atom is -0.481 e. The van der Waals surface area contributed by atoms with Gasteiger partial charge in [-0.15, -0.1) is 0 Å². The van der Waals surface area contributed by atoms with Crippen LogP contribution in [0.2, 0.25) is 0 Å².